The van der Waals surface area contributed by atoms with Crippen LogP contribution in [0.4, 0.5) is 0 Å². The number of piperidine rings is 1. The molecule has 1 aromatic rings. The van der Waals surface area contributed by atoms with Crippen LogP contribution < -0.4 is 0 Å². The smallest absolute Gasteiger partial charge is 0.306 e. The standard InChI is InChI=1S/C12H17NO3/c1-9(11-3-2-8-16-11)13-6-4-10(5-7-13)12(14)15/h2-3,8-10H,4-7H2,1H3,(H,14,15). The molecule has 4 nitrogen and oxygen atoms in total. The van der Waals surface area contributed by atoms with Crippen LogP contribution in [0.2, 0.25) is 0 Å². The number of carboxylic acid groups (broad SMARTS) is 1. The zero-order chi connectivity index (χ0) is 11.5. The third kappa shape index (κ3) is 2.27. The topological polar surface area (TPSA) is 53.7 Å². The van der Waals surface area contributed by atoms with E-state index in [4.69, 9.17) is 9.52 Å². The van der Waals surface area contributed by atoms with Gasteiger partial charge in [0.1, 0.15) is 5.76 Å². The number of aliphatic carboxylic acids is 1. The highest BCUT2D eigenvalue weighted by Crippen LogP contribution is 2.26. The minimum Gasteiger partial charge on any atom is -0.481 e. The fraction of sp³-hybridized carbons (Fsp3) is 0.583. The Morgan fingerprint density at radius 1 is 1.56 bits per heavy atom. The lowest BCUT2D eigenvalue weighted by Crippen LogP contribution is -2.37. The molecule has 0 radical (unpaired) electrons. The normalized spacial score (nSPS) is 20.8. The fourth-order valence-corrected chi connectivity index (χ4v) is 2.24. The molecular formula is C12H17NO3. The van der Waals surface area contributed by atoms with Crippen molar-refractivity contribution in [3.63, 3.8) is 0 Å². The number of carbonyl (C=O) groups is 1. The molecule has 1 unspecified atom stereocenters. The largest absolute Gasteiger partial charge is 0.481 e. The summed E-state index contributed by atoms with van der Waals surface area (Å²) in [5.74, 6) is 0.124. The molecule has 4 heteroatoms. The van der Waals surface area contributed by atoms with E-state index in [1.807, 2.05) is 12.1 Å². The molecule has 0 aliphatic carbocycles. The van der Waals surface area contributed by atoms with Crippen molar-refractivity contribution < 1.29 is 14.3 Å². The van der Waals surface area contributed by atoms with Gasteiger partial charge in [0.15, 0.2) is 0 Å². The number of carboxylic acids is 1. The zero-order valence-electron chi connectivity index (χ0n) is 9.43. The van der Waals surface area contributed by atoms with Gasteiger partial charge in [0.2, 0.25) is 0 Å². The minimum atomic E-state index is -0.662. The van der Waals surface area contributed by atoms with Crippen molar-refractivity contribution in [3.05, 3.63) is 24.2 Å². The van der Waals surface area contributed by atoms with Gasteiger partial charge in [-0.1, -0.05) is 0 Å². The monoisotopic (exact) mass is 223 g/mol. The highest BCUT2D eigenvalue weighted by molar-refractivity contribution is 5.70. The second-order valence-corrected chi connectivity index (χ2v) is 4.34. The van der Waals surface area contributed by atoms with E-state index in [1.165, 1.54) is 0 Å². The Labute approximate surface area is 94.9 Å². The average molecular weight is 223 g/mol. The fourth-order valence-electron chi connectivity index (χ4n) is 2.24. The van der Waals surface area contributed by atoms with Crippen molar-refractivity contribution in [1.29, 1.82) is 0 Å². The highest BCUT2D eigenvalue weighted by Gasteiger charge is 2.27. The zero-order valence-corrected chi connectivity index (χ0v) is 9.43. The van der Waals surface area contributed by atoms with Crippen LogP contribution in [-0.4, -0.2) is 29.1 Å². The summed E-state index contributed by atoms with van der Waals surface area (Å²) in [5, 5.41) is 8.91. The first-order chi connectivity index (χ1) is 7.68. The molecule has 1 N–H and O–H groups in total. The Bertz CT molecular complexity index is 339. The predicted molar refractivity (Wildman–Crippen MR) is 59.1 cm³/mol. The lowest BCUT2D eigenvalue weighted by Gasteiger charge is -2.33. The first-order valence-electron chi connectivity index (χ1n) is 5.68. The number of hydrogen-bond donors (Lipinski definition) is 1. The van der Waals surface area contributed by atoms with E-state index in [0.717, 1.165) is 31.7 Å². The van der Waals surface area contributed by atoms with Crippen LogP contribution in [0.15, 0.2) is 22.8 Å². The Morgan fingerprint density at radius 3 is 2.75 bits per heavy atom. The van der Waals surface area contributed by atoms with Crippen LogP contribution in [0.25, 0.3) is 0 Å². The molecule has 1 aliphatic rings. The average Bonchev–Trinajstić information content (AvgIpc) is 2.81. The summed E-state index contributed by atoms with van der Waals surface area (Å²) in [6.07, 6.45) is 3.15. The summed E-state index contributed by atoms with van der Waals surface area (Å²) >= 11 is 0. The van der Waals surface area contributed by atoms with E-state index in [1.54, 1.807) is 6.26 Å². The molecule has 16 heavy (non-hydrogen) atoms. The lowest BCUT2D eigenvalue weighted by molar-refractivity contribution is -0.143. The van der Waals surface area contributed by atoms with Crippen LogP contribution in [0.3, 0.4) is 0 Å². The van der Waals surface area contributed by atoms with Gasteiger partial charge in [-0.25, -0.2) is 0 Å². The second kappa shape index (κ2) is 4.70. The van der Waals surface area contributed by atoms with Crippen molar-refractivity contribution in [2.45, 2.75) is 25.8 Å². The molecule has 0 bridgehead atoms. The molecule has 1 aromatic heterocycles. The highest BCUT2D eigenvalue weighted by atomic mass is 16.4. The van der Waals surface area contributed by atoms with Gasteiger partial charge in [0.05, 0.1) is 18.2 Å². The van der Waals surface area contributed by atoms with Crippen molar-refractivity contribution >= 4 is 5.97 Å². The summed E-state index contributed by atoms with van der Waals surface area (Å²) in [5.41, 5.74) is 0. The SMILES string of the molecule is CC(c1ccco1)N1CCC(C(=O)O)CC1. The van der Waals surface area contributed by atoms with Crippen molar-refractivity contribution in [1.82, 2.24) is 4.90 Å². The van der Waals surface area contributed by atoms with Gasteiger partial charge in [0, 0.05) is 0 Å². The molecule has 0 aromatic carbocycles. The molecule has 0 spiro atoms. The minimum absolute atomic E-state index is 0.167. The molecule has 0 amide bonds. The molecule has 1 aliphatic heterocycles. The van der Waals surface area contributed by atoms with Gasteiger partial charge in [-0.2, -0.15) is 0 Å². The molecule has 1 fully saturated rings. The summed E-state index contributed by atoms with van der Waals surface area (Å²) in [6.45, 7) is 3.76. The van der Waals surface area contributed by atoms with Gasteiger partial charge in [-0.3, -0.25) is 9.69 Å². The van der Waals surface area contributed by atoms with Crippen molar-refractivity contribution in [2.24, 2.45) is 5.92 Å². The Morgan fingerprint density at radius 2 is 2.25 bits per heavy atom. The summed E-state index contributed by atoms with van der Waals surface area (Å²) < 4.78 is 5.36. The summed E-state index contributed by atoms with van der Waals surface area (Å²) in [6, 6.07) is 4.09. The summed E-state index contributed by atoms with van der Waals surface area (Å²) in [4.78, 5) is 13.1. The van der Waals surface area contributed by atoms with Crippen molar-refractivity contribution in [2.75, 3.05) is 13.1 Å². The quantitative estimate of drug-likeness (QED) is 0.853. The maximum Gasteiger partial charge on any atom is 0.306 e. The van der Waals surface area contributed by atoms with Crippen LogP contribution in [0, 0.1) is 5.92 Å². The Kier molecular flexibility index (Phi) is 3.29. The van der Waals surface area contributed by atoms with E-state index in [-0.39, 0.29) is 12.0 Å². The number of likely N-dealkylation sites (tertiary alicyclic amines) is 1. The number of nitrogens with zero attached hydrogens (tertiary/aromatic N) is 1. The molecule has 2 heterocycles. The van der Waals surface area contributed by atoms with Crippen LogP contribution in [0.5, 0.6) is 0 Å². The van der Waals surface area contributed by atoms with E-state index in [0.29, 0.717) is 0 Å². The van der Waals surface area contributed by atoms with Crippen molar-refractivity contribution in [3.8, 4) is 0 Å². The number of rotatable bonds is 3. The van der Waals surface area contributed by atoms with Crippen LogP contribution in [-0.2, 0) is 4.79 Å². The third-order valence-electron chi connectivity index (χ3n) is 3.38. The number of furan rings is 1. The van der Waals surface area contributed by atoms with Gasteiger partial charge in [-0.05, 0) is 45.0 Å². The first kappa shape index (κ1) is 11.2. The molecule has 2 rings (SSSR count). The van der Waals surface area contributed by atoms with E-state index in [9.17, 15) is 4.79 Å². The van der Waals surface area contributed by atoms with E-state index in [2.05, 4.69) is 11.8 Å². The van der Waals surface area contributed by atoms with Gasteiger partial charge in [-0.15, -0.1) is 0 Å². The Hall–Kier alpha value is -1.29. The lowest BCUT2D eigenvalue weighted by atomic mass is 9.96. The maximum absolute atomic E-state index is 10.8. The predicted octanol–water partition coefficient (Wildman–Crippen LogP) is 2.14. The van der Waals surface area contributed by atoms with Gasteiger partial charge >= 0.3 is 5.97 Å². The number of hydrogen-bond acceptors (Lipinski definition) is 3. The molecule has 0 saturated carbocycles. The molecule has 1 saturated heterocycles. The van der Waals surface area contributed by atoms with E-state index < -0.39 is 5.97 Å². The maximum atomic E-state index is 10.8. The molecule has 88 valence electrons. The third-order valence-corrected chi connectivity index (χ3v) is 3.38. The summed E-state index contributed by atoms with van der Waals surface area (Å²) in [7, 11) is 0. The van der Waals surface area contributed by atoms with Gasteiger partial charge < -0.3 is 9.52 Å². The van der Waals surface area contributed by atoms with Gasteiger partial charge in [0.25, 0.3) is 0 Å². The van der Waals surface area contributed by atoms with Crippen LogP contribution >= 0.6 is 0 Å². The molecular weight excluding hydrogens is 206 g/mol. The molecule has 1 atom stereocenters. The first-order valence-corrected chi connectivity index (χ1v) is 5.68. The Balaban J connectivity index is 1.92. The second-order valence-electron chi connectivity index (χ2n) is 4.34. The van der Waals surface area contributed by atoms with Crippen LogP contribution in [0.1, 0.15) is 31.6 Å². The van der Waals surface area contributed by atoms with E-state index >= 15 is 0 Å².